The van der Waals surface area contributed by atoms with Gasteiger partial charge in [-0.2, -0.15) is 12.1 Å². The van der Waals surface area contributed by atoms with Crippen LogP contribution in [-0.2, 0) is 0 Å². The van der Waals surface area contributed by atoms with E-state index in [0.717, 1.165) is 0 Å². The van der Waals surface area contributed by atoms with Crippen molar-refractivity contribution in [3.63, 3.8) is 0 Å². The van der Waals surface area contributed by atoms with E-state index in [0.29, 0.717) is 5.88 Å². The second-order valence-corrected chi connectivity index (χ2v) is 1.29. The molecule has 0 amide bonds. The molecule has 0 saturated carbocycles. The van der Waals surface area contributed by atoms with Crippen LogP contribution in [0.3, 0.4) is 0 Å². The molecule has 50 valence electrons. The third-order valence-corrected chi connectivity index (χ3v) is 0.774. The molecule has 2 nitrogen and oxygen atoms in total. The van der Waals surface area contributed by atoms with Crippen molar-refractivity contribution < 1.29 is 28.7 Å². The van der Waals surface area contributed by atoms with Crippen molar-refractivity contribution >= 4 is 23.1 Å². The number of nitrogens with zero attached hydrogens (tertiary/aromatic N) is 1. The van der Waals surface area contributed by atoms with E-state index in [-0.39, 0.29) is 47.0 Å². The van der Waals surface area contributed by atoms with Crippen LogP contribution in [-0.4, -0.2) is 35.1 Å². The summed E-state index contributed by atoms with van der Waals surface area (Å²) in [7, 11) is 1.57. The van der Waals surface area contributed by atoms with E-state index in [1.54, 1.807) is 25.4 Å². The molecule has 0 bridgehead atoms. The van der Waals surface area contributed by atoms with Crippen molar-refractivity contribution in [1.29, 1.82) is 0 Å². The first-order valence-electron chi connectivity index (χ1n) is 2.30. The Kier molecular flexibility index (Phi) is 9.87. The molecule has 0 aromatic carbocycles. The number of hydrogen-bond donors (Lipinski definition) is 0. The predicted octanol–water partition coefficient (Wildman–Crippen LogP) is -2.49. The number of pyridine rings is 1. The summed E-state index contributed by atoms with van der Waals surface area (Å²) in [5, 5.41) is 0. The molecule has 0 aliphatic carbocycles. The van der Waals surface area contributed by atoms with Gasteiger partial charge < -0.3 is 28.7 Å². The van der Waals surface area contributed by atoms with E-state index in [9.17, 15) is 0 Å². The van der Waals surface area contributed by atoms with Crippen LogP contribution in [0.1, 0.15) is 0 Å². The second kappa shape index (κ2) is 7.55. The average molecular weight is 259 g/mol. The standard InChI is InChI=1S/C6H6NO.HI.Mg/c1-8-6-4-2-3-5-7-6;;/h2-3,5H,1H3;1H;/q-1;;+2/p-1. The zero-order valence-corrected chi connectivity index (χ0v) is 9.24. The molecule has 0 spiro atoms. The van der Waals surface area contributed by atoms with Crippen molar-refractivity contribution in [3.05, 3.63) is 24.4 Å². The molecule has 10 heavy (non-hydrogen) atoms. The third-order valence-electron chi connectivity index (χ3n) is 0.774. The molecule has 0 unspecified atom stereocenters. The van der Waals surface area contributed by atoms with Crippen molar-refractivity contribution in [1.82, 2.24) is 4.98 Å². The number of rotatable bonds is 1. The Morgan fingerprint density at radius 3 is 2.60 bits per heavy atom. The molecular weight excluding hydrogens is 253 g/mol. The Hall–Kier alpha value is 0.446. The van der Waals surface area contributed by atoms with Gasteiger partial charge in [0, 0.05) is 0 Å². The molecule has 0 radical (unpaired) electrons. The van der Waals surface area contributed by atoms with Gasteiger partial charge in [-0.1, -0.05) is 6.20 Å². The van der Waals surface area contributed by atoms with E-state index < -0.39 is 0 Å². The minimum Gasteiger partial charge on any atom is -1.00 e. The molecular formula is C6H6IMgNO. The van der Waals surface area contributed by atoms with Gasteiger partial charge in [-0.3, -0.25) is 4.98 Å². The normalized spacial score (nSPS) is 6.90. The van der Waals surface area contributed by atoms with E-state index in [1.807, 2.05) is 0 Å². The topological polar surface area (TPSA) is 22.1 Å². The van der Waals surface area contributed by atoms with Gasteiger partial charge in [-0.05, 0) is 0 Å². The second-order valence-electron chi connectivity index (χ2n) is 1.29. The van der Waals surface area contributed by atoms with E-state index >= 15 is 0 Å². The first-order valence-corrected chi connectivity index (χ1v) is 2.30. The van der Waals surface area contributed by atoms with Crippen LogP contribution >= 0.6 is 0 Å². The summed E-state index contributed by atoms with van der Waals surface area (Å²) in [6.45, 7) is 0. The number of halogens is 1. The van der Waals surface area contributed by atoms with Gasteiger partial charge in [-0.15, -0.1) is 0 Å². The van der Waals surface area contributed by atoms with Gasteiger partial charge in [0.2, 0.25) is 0 Å². The fourth-order valence-electron chi connectivity index (χ4n) is 0.422. The summed E-state index contributed by atoms with van der Waals surface area (Å²) in [5.74, 6) is 0.535. The minimum absolute atomic E-state index is 0. The van der Waals surface area contributed by atoms with Gasteiger partial charge in [0.1, 0.15) is 5.88 Å². The number of ether oxygens (including phenoxy) is 1. The van der Waals surface area contributed by atoms with Gasteiger partial charge in [0.15, 0.2) is 0 Å². The summed E-state index contributed by atoms with van der Waals surface area (Å²) < 4.78 is 4.75. The number of aromatic nitrogens is 1. The molecule has 1 aromatic rings. The first-order chi connectivity index (χ1) is 3.93. The SMILES string of the molecule is COc1[c-]cccn1.[I-].[Mg+2]. The van der Waals surface area contributed by atoms with Crippen LogP contribution in [0.25, 0.3) is 0 Å². The van der Waals surface area contributed by atoms with Gasteiger partial charge in [0.25, 0.3) is 0 Å². The summed E-state index contributed by atoms with van der Waals surface area (Å²) in [6.07, 6.45) is 1.66. The molecule has 0 aliphatic heterocycles. The Morgan fingerprint density at radius 1 is 1.60 bits per heavy atom. The molecule has 1 rings (SSSR count). The maximum Gasteiger partial charge on any atom is 2.00 e. The summed E-state index contributed by atoms with van der Waals surface area (Å²) in [5.41, 5.74) is 0. The van der Waals surface area contributed by atoms with Crippen molar-refractivity contribution in [2.75, 3.05) is 7.11 Å². The maximum atomic E-state index is 4.75. The fraction of sp³-hybridized carbons (Fsp3) is 0.167. The molecule has 0 N–H and O–H groups in total. The van der Waals surface area contributed by atoms with E-state index in [2.05, 4.69) is 11.1 Å². The number of hydrogen-bond acceptors (Lipinski definition) is 2. The monoisotopic (exact) mass is 259 g/mol. The molecule has 4 heteroatoms. The van der Waals surface area contributed by atoms with Crippen LogP contribution in [0.15, 0.2) is 18.3 Å². The fourth-order valence-corrected chi connectivity index (χ4v) is 0.422. The molecule has 1 aromatic heterocycles. The summed E-state index contributed by atoms with van der Waals surface area (Å²) >= 11 is 0. The third kappa shape index (κ3) is 4.29. The molecule has 0 aliphatic rings. The van der Waals surface area contributed by atoms with Gasteiger partial charge in [-0.25, -0.2) is 6.07 Å². The largest absolute Gasteiger partial charge is 2.00 e. The number of methoxy groups -OCH3 is 1. The smallest absolute Gasteiger partial charge is 1.00 e. The van der Waals surface area contributed by atoms with Crippen LogP contribution < -0.4 is 28.7 Å². The molecule has 0 atom stereocenters. The van der Waals surface area contributed by atoms with Crippen LogP contribution in [0.4, 0.5) is 0 Å². The Bertz CT molecular complexity index is 159. The average Bonchev–Trinajstić information content (AvgIpc) is 1.90. The van der Waals surface area contributed by atoms with Gasteiger partial charge in [0.05, 0.1) is 7.11 Å². The Balaban J connectivity index is 0. The van der Waals surface area contributed by atoms with Crippen LogP contribution in [0.2, 0.25) is 0 Å². The van der Waals surface area contributed by atoms with E-state index in [1.165, 1.54) is 0 Å². The van der Waals surface area contributed by atoms with Crippen LogP contribution in [0.5, 0.6) is 5.88 Å². The zero-order valence-electron chi connectivity index (χ0n) is 5.67. The summed E-state index contributed by atoms with van der Waals surface area (Å²) in [6, 6.07) is 6.33. The first kappa shape index (κ1) is 13.1. The minimum atomic E-state index is 0. The summed E-state index contributed by atoms with van der Waals surface area (Å²) in [4.78, 5) is 3.82. The Labute approximate surface area is 93.5 Å². The maximum absolute atomic E-state index is 4.75. The van der Waals surface area contributed by atoms with Crippen molar-refractivity contribution in [2.24, 2.45) is 0 Å². The van der Waals surface area contributed by atoms with E-state index in [4.69, 9.17) is 4.74 Å². The quantitative estimate of drug-likeness (QED) is 0.316. The van der Waals surface area contributed by atoms with Crippen molar-refractivity contribution in [2.45, 2.75) is 0 Å². The Morgan fingerprint density at radius 2 is 2.30 bits per heavy atom. The molecule has 1 heterocycles. The van der Waals surface area contributed by atoms with Crippen LogP contribution in [0, 0.1) is 6.07 Å². The zero-order chi connectivity index (χ0) is 5.82. The predicted molar refractivity (Wildman–Crippen MR) is 35.4 cm³/mol. The van der Waals surface area contributed by atoms with Gasteiger partial charge >= 0.3 is 23.1 Å². The van der Waals surface area contributed by atoms with Crippen molar-refractivity contribution in [3.8, 4) is 5.88 Å². The molecule has 0 saturated heterocycles. The molecule has 0 fully saturated rings.